The molecule has 24 heteroatoms. The van der Waals surface area contributed by atoms with Gasteiger partial charge in [0.2, 0.25) is 0 Å². The quantitative estimate of drug-likeness (QED) is 0.0435. The number of benzene rings is 8. The molecular formula is C77H68O24. The first-order chi connectivity index (χ1) is 49.1. The standard InChI is InChI=1S/C77H68O24/c1-46-59(94-69(81)49-31-15-5-16-32-49)63(97-72(84)52-37-21-8-22-38-52)66(99-74(86)54-41-25-10-26-42-54)77(91-46)100-62-57(45-90-68(80)48-29-13-4-14-30-48)92-75(87)65(98-73(85)53-39-23-9-24-40-53)64(62)101-76-61(96-71(83)51-35-19-7-20-36-51)55(43-58(78)88-2)60(95-70(82)50-33-17-6-18-34-50)56(93-76)44-89-67(79)47-27-11-3-12-28-47/h3-42,46,55-57,59-66,75-77,87H,43-45H2,1-2H3/t46?,55?,56?,57?,59-,60-,61-,62+,63?,64?,65-,66?,75?,76+,77-/m1/s1. The number of esters is 9. The molecule has 15 atom stereocenters. The Balaban J connectivity index is 1.08. The van der Waals surface area contributed by atoms with Crippen LogP contribution in [0.25, 0.3) is 0 Å². The van der Waals surface area contributed by atoms with E-state index in [0.717, 1.165) is 7.11 Å². The van der Waals surface area contributed by atoms with Gasteiger partial charge in [-0.3, -0.25) is 4.79 Å². The summed E-state index contributed by atoms with van der Waals surface area (Å²) in [6, 6.07) is 61.2. The normalized spacial score (nSPS) is 24.5. The number of hydrogen-bond donors (Lipinski definition) is 1. The van der Waals surface area contributed by atoms with Crippen LogP contribution in [0.5, 0.6) is 0 Å². The molecule has 3 aliphatic rings. The summed E-state index contributed by atoms with van der Waals surface area (Å²) in [5, 5.41) is 12.6. The summed E-state index contributed by atoms with van der Waals surface area (Å²) in [5.41, 5.74) is 0.0585. The van der Waals surface area contributed by atoms with Crippen LogP contribution in [0.4, 0.5) is 0 Å². The molecule has 0 amide bonds. The third-order valence-electron chi connectivity index (χ3n) is 16.6. The van der Waals surface area contributed by atoms with E-state index in [1.165, 1.54) is 116 Å². The summed E-state index contributed by atoms with van der Waals surface area (Å²) >= 11 is 0. The van der Waals surface area contributed by atoms with Crippen LogP contribution in [-0.2, 0) is 71.1 Å². The van der Waals surface area contributed by atoms with Gasteiger partial charge < -0.3 is 71.4 Å². The van der Waals surface area contributed by atoms with Crippen molar-refractivity contribution in [3.63, 3.8) is 0 Å². The van der Waals surface area contributed by atoms with E-state index in [-0.39, 0.29) is 44.5 Å². The van der Waals surface area contributed by atoms with Crippen LogP contribution < -0.4 is 0 Å². The summed E-state index contributed by atoms with van der Waals surface area (Å²) in [6.07, 6.45) is -27.8. The second-order valence-corrected chi connectivity index (χ2v) is 23.3. The first-order valence-corrected chi connectivity index (χ1v) is 32.1. The van der Waals surface area contributed by atoms with Gasteiger partial charge in [-0.1, -0.05) is 146 Å². The minimum absolute atomic E-state index is 0.00241. The molecule has 3 heterocycles. The lowest BCUT2D eigenvalue weighted by Gasteiger charge is -2.50. The van der Waals surface area contributed by atoms with Crippen LogP contribution in [0, 0.1) is 5.92 Å². The monoisotopic (exact) mass is 1380 g/mol. The van der Waals surface area contributed by atoms with Crippen molar-refractivity contribution in [2.75, 3.05) is 20.3 Å². The molecule has 1 N–H and O–H groups in total. The number of aliphatic hydroxyl groups is 1. The van der Waals surface area contributed by atoms with Crippen molar-refractivity contribution in [1.82, 2.24) is 0 Å². The van der Waals surface area contributed by atoms with Gasteiger partial charge in [0.05, 0.1) is 70.1 Å². The number of hydrogen-bond acceptors (Lipinski definition) is 24. The van der Waals surface area contributed by atoms with Crippen molar-refractivity contribution in [2.45, 2.75) is 99.4 Å². The predicted octanol–water partition coefficient (Wildman–Crippen LogP) is 9.19. The van der Waals surface area contributed by atoms with Gasteiger partial charge >= 0.3 is 53.7 Å². The average molecular weight is 1380 g/mol. The maximum atomic E-state index is 14.8. The third kappa shape index (κ3) is 18.0. The van der Waals surface area contributed by atoms with E-state index in [2.05, 4.69) is 0 Å². The molecule has 11 rings (SSSR count). The van der Waals surface area contributed by atoms with Gasteiger partial charge in [0.25, 0.3) is 0 Å². The first-order valence-electron chi connectivity index (χ1n) is 32.1. The minimum atomic E-state index is -2.31. The topological polar surface area (TPSA) is 303 Å². The molecule has 3 fully saturated rings. The Labute approximate surface area is 578 Å². The smallest absolute Gasteiger partial charge is 0.338 e. The first kappa shape index (κ1) is 71.0. The van der Waals surface area contributed by atoms with Crippen LogP contribution in [0.15, 0.2) is 243 Å². The zero-order valence-electron chi connectivity index (χ0n) is 54.2. The van der Waals surface area contributed by atoms with E-state index in [1.54, 1.807) is 133 Å². The number of carbonyl (C=O) groups is 9. The summed E-state index contributed by atoms with van der Waals surface area (Å²) in [7, 11) is 1.08. The van der Waals surface area contributed by atoms with Crippen molar-refractivity contribution in [1.29, 1.82) is 0 Å². The van der Waals surface area contributed by atoms with E-state index in [0.29, 0.717) is 0 Å². The molecule has 3 aliphatic heterocycles. The second-order valence-electron chi connectivity index (χ2n) is 23.3. The Kier molecular flexibility index (Phi) is 23.9. The fraction of sp³-hybridized carbons (Fsp3) is 0.260. The molecule has 3 saturated heterocycles. The zero-order chi connectivity index (χ0) is 70.8. The molecule has 101 heavy (non-hydrogen) atoms. The Hall–Kier alpha value is -11.3. The molecule has 520 valence electrons. The maximum absolute atomic E-state index is 14.8. The van der Waals surface area contributed by atoms with Crippen molar-refractivity contribution >= 4 is 53.7 Å². The van der Waals surface area contributed by atoms with Crippen LogP contribution in [0.3, 0.4) is 0 Å². The van der Waals surface area contributed by atoms with Crippen molar-refractivity contribution < 1.29 is 115 Å². The highest BCUT2D eigenvalue weighted by Crippen LogP contribution is 2.41. The van der Waals surface area contributed by atoms with Crippen LogP contribution in [0.1, 0.15) is 96.2 Å². The molecule has 0 spiro atoms. The maximum Gasteiger partial charge on any atom is 0.338 e. The molecule has 0 aliphatic carbocycles. The third-order valence-corrected chi connectivity index (χ3v) is 16.6. The van der Waals surface area contributed by atoms with Gasteiger partial charge in [0.1, 0.15) is 43.7 Å². The molecule has 8 unspecified atom stereocenters. The van der Waals surface area contributed by atoms with Crippen LogP contribution in [-0.4, -0.2) is 165 Å². The average Bonchev–Trinajstić information content (AvgIpc) is 0.761. The molecule has 0 bridgehead atoms. The fourth-order valence-electron chi connectivity index (χ4n) is 11.6. The fourth-order valence-corrected chi connectivity index (χ4v) is 11.6. The number of methoxy groups -OCH3 is 1. The van der Waals surface area contributed by atoms with Crippen LogP contribution in [0.2, 0.25) is 0 Å². The van der Waals surface area contributed by atoms with E-state index in [9.17, 15) is 48.3 Å². The molecule has 8 aromatic rings. The highest BCUT2D eigenvalue weighted by Gasteiger charge is 2.60. The number of ether oxygens (including phenoxy) is 14. The summed E-state index contributed by atoms with van der Waals surface area (Å²) < 4.78 is 88.9. The van der Waals surface area contributed by atoms with E-state index >= 15 is 0 Å². The van der Waals surface area contributed by atoms with Crippen molar-refractivity contribution in [2.24, 2.45) is 5.92 Å². The summed E-state index contributed by atoms with van der Waals surface area (Å²) in [6.45, 7) is -0.224. The lowest BCUT2D eigenvalue weighted by molar-refractivity contribution is -0.378. The molecule has 0 radical (unpaired) electrons. The van der Waals surface area contributed by atoms with Crippen molar-refractivity contribution in [3.05, 3.63) is 287 Å². The predicted molar refractivity (Wildman–Crippen MR) is 351 cm³/mol. The van der Waals surface area contributed by atoms with Gasteiger partial charge in [0, 0.05) is 0 Å². The number of rotatable bonds is 24. The molecule has 0 aromatic heterocycles. The Morgan fingerprint density at radius 2 is 0.604 bits per heavy atom. The van der Waals surface area contributed by atoms with Crippen molar-refractivity contribution in [3.8, 4) is 0 Å². The summed E-state index contributed by atoms with van der Waals surface area (Å²) in [5.74, 6) is -10.5. The van der Waals surface area contributed by atoms with E-state index in [1.807, 2.05) is 0 Å². The highest BCUT2D eigenvalue weighted by molar-refractivity contribution is 5.93. The Morgan fingerprint density at radius 3 is 0.970 bits per heavy atom. The Morgan fingerprint density at radius 1 is 0.317 bits per heavy atom. The summed E-state index contributed by atoms with van der Waals surface area (Å²) in [4.78, 5) is 130. The second kappa shape index (κ2) is 34.0. The molecule has 0 saturated carbocycles. The van der Waals surface area contributed by atoms with Gasteiger partial charge in [-0.25, -0.2) is 38.4 Å². The zero-order valence-corrected chi connectivity index (χ0v) is 54.2. The molecule has 8 aromatic carbocycles. The molecule has 24 nitrogen and oxygen atoms in total. The van der Waals surface area contributed by atoms with Gasteiger partial charge in [-0.05, 0) is 104 Å². The largest absolute Gasteiger partial charge is 0.469 e. The van der Waals surface area contributed by atoms with E-state index in [4.69, 9.17) is 66.3 Å². The van der Waals surface area contributed by atoms with Gasteiger partial charge in [-0.15, -0.1) is 0 Å². The van der Waals surface area contributed by atoms with E-state index < -0.39 is 165 Å². The van der Waals surface area contributed by atoms with Gasteiger partial charge in [0.15, 0.2) is 49.4 Å². The van der Waals surface area contributed by atoms with Crippen LogP contribution >= 0.6 is 0 Å². The van der Waals surface area contributed by atoms with Gasteiger partial charge in [-0.2, -0.15) is 0 Å². The molecular weight excluding hydrogens is 1310 g/mol. The Bertz CT molecular complexity index is 4100. The lowest BCUT2D eigenvalue weighted by atomic mass is 9.85. The lowest BCUT2D eigenvalue weighted by Crippen LogP contribution is -2.68. The number of aliphatic hydroxyl groups excluding tert-OH is 1. The SMILES string of the molecule is COC(=O)CC1[C@@H](OC(=O)c2ccccc2)C(COC(=O)c2ccccc2)O[C@@H](OC2[C@@H](OC(=O)c3ccccc3)C(O)OC(COC(=O)c3ccccc3)[C@@H]2O[C@H]2OC(C)[C@@H](OC(=O)c3ccccc3)C(OC(=O)c3ccccc3)C2OC(=O)c2ccccc2)[C@@H]1OC(=O)c1ccccc1. The minimum Gasteiger partial charge on any atom is -0.469 e. The highest BCUT2D eigenvalue weighted by atomic mass is 16.8. The number of carbonyl (C=O) groups excluding carboxylic acids is 9.